The molecule has 0 N–H and O–H groups in total. The van der Waals surface area contributed by atoms with Crippen molar-refractivity contribution < 1.29 is 19.1 Å². The monoisotopic (exact) mass is 372 g/mol. The topological polar surface area (TPSA) is 60.4 Å². The average Bonchev–Trinajstić information content (AvgIpc) is 2.75. The number of carboxylic acid groups (broad SMARTS) is 1. The summed E-state index contributed by atoms with van der Waals surface area (Å²) in [4.78, 5) is 24.9. The lowest BCUT2D eigenvalue weighted by Gasteiger charge is -2.27. The highest BCUT2D eigenvalue weighted by atomic mass is 35.5. The molecule has 8 heteroatoms. The minimum Gasteiger partial charge on any atom is -0.548 e. The molecule has 1 aromatic rings. The molecule has 0 aromatic heterocycles. The summed E-state index contributed by atoms with van der Waals surface area (Å²) in [6.45, 7) is 1.79. The quantitative estimate of drug-likeness (QED) is 0.587. The third kappa shape index (κ3) is 3.73. The van der Waals surface area contributed by atoms with E-state index in [0.717, 1.165) is 16.7 Å². The maximum atomic E-state index is 13.8. The minimum atomic E-state index is -1.37. The highest BCUT2D eigenvalue weighted by Gasteiger charge is 2.37. The van der Waals surface area contributed by atoms with E-state index in [2.05, 4.69) is 0 Å². The van der Waals surface area contributed by atoms with Crippen LogP contribution in [-0.2, 0) is 9.59 Å². The highest BCUT2D eigenvalue weighted by molar-refractivity contribution is 8.26. The molecule has 1 aromatic carbocycles. The zero-order valence-electron chi connectivity index (χ0n) is 12.0. The highest BCUT2D eigenvalue weighted by Crippen LogP contribution is 2.36. The third-order valence-electron chi connectivity index (χ3n) is 3.24. The number of halogens is 2. The van der Waals surface area contributed by atoms with Gasteiger partial charge in [0.2, 0.25) is 0 Å². The van der Waals surface area contributed by atoms with Crippen LogP contribution in [0.3, 0.4) is 0 Å². The van der Waals surface area contributed by atoms with Crippen LogP contribution in [0, 0.1) is 5.82 Å². The number of benzene rings is 1. The maximum Gasteiger partial charge on any atom is 0.266 e. The van der Waals surface area contributed by atoms with Crippen molar-refractivity contribution in [1.29, 1.82) is 0 Å². The standard InChI is InChI=1S/C15H13ClFNO3S2/c1-2-4-11(14(20)21)18-13(19)12(23-15(18)22)7-8-9(16)5-3-6-10(8)17/h3,5-7,11H,2,4H2,1H3,(H,20,21)/p-1/b12-7-/t11-/m1/s1. The van der Waals surface area contributed by atoms with Crippen LogP contribution in [0.25, 0.3) is 6.08 Å². The van der Waals surface area contributed by atoms with Gasteiger partial charge in [0.25, 0.3) is 5.91 Å². The number of amides is 1. The molecule has 1 atom stereocenters. The normalized spacial score (nSPS) is 17.9. The van der Waals surface area contributed by atoms with Crippen molar-refractivity contribution >= 4 is 57.9 Å². The summed E-state index contributed by atoms with van der Waals surface area (Å²) in [6.07, 6.45) is 2.06. The zero-order valence-corrected chi connectivity index (χ0v) is 14.4. The summed E-state index contributed by atoms with van der Waals surface area (Å²) in [5, 5.41) is 11.4. The van der Waals surface area contributed by atoms with Gasteiger partial charge in [-0.15, -0.1) is 0 Å². The van der Waals surface area contributed by atoms with Gasteiger partial charge >= 0.3 is 0 Å². The van der Waals surface area contributed by atoms with E-state index in [9.17, 15) is 19.1 Å². The largest absolute Gasteiger partial charge is 0.548 e. The Bertz CT molecular complexity index is 688. The van der Waals surface area contributed by atoms with E-state index in [1.807, 2.05) is 0 Å². The van der Waals surface area contributed by atoms with Crippen LogP contribution in [-0.4, -0.2) is 27.1 Å². The van der Waals surface area contributed by atoms with Gasteiger partial charge < -0.3 is 9.90 Å². The molecule has 0 radical (unpaired) electrons. The van der Waals surface area contributed by atoms with Crippen LogP contribution in [0.15, 0.2) is 23.1 Å². The summed E-state index contributed by atoms with van der Waals surface area (Å²) in [7, 11) is 0. The number of nitrogens with zero attached hydrogens (tertiary/aromatic N) is 1. The van der Waals surface area contributed by atoms with E-state index in [1.165, 1.54) is 24.3 Å². The van der Waals surface area contributed by atoms with Gasteiger partial charge in [0, 0.05) is 5.56 Å². The van der Waals surface area contributed by atoms with E-state index in [4.69, 9.17) is 23.8 Å². The molecule has 1 amide bonds. The molecule has 1 saturated heterocycles. The van der Waals surface area contributed by atoms with Crippen molar-refractivity contribution in [2.45, 2.75) is 25.8 Å². The molecule has 0 unspecified atom stereocenters. The Morgan fingerprint density at radius 2 is 2.26 bits per heavy atom. The van der Waals surface area contributed by atoms with Crippen molar-refractivity contribution in [2.24, 2.45) is 0 Å². The first-order chi connectivity index (χ1) is 10.9. The summed E-state index contributed by atoms with van der Waals surface area (Å²) >= 11 is 11.9. The zero-order chi connectivity index (χ0) is 17.1. The predicted octanol–water partition coefficient (Wildman–Crippen LogP) is 2.60. The van der Waals surface area contributed by atoms with Gasteiger partial charge in [0.05, 0.1) is 21.9 Å². The number of carboxylic acids is 1. The lowest BCUT2D eigenvalue weighted by Crippen LogP contribution is -2.49. The summed E-state index contributed by atoms with van der Waals surface area (Å²) < 4.78 is 13.9. The van der Waals surface area contributed by atoms with Crippen molar-refractivity contribution in [2.75, 3.05) is 0 Å². The Morgan fingerprint density at radius 3 is 2.83 bits per heavy atom. The fourth-order valence-corrected chi connectivity index (χ4v) is 3.71. The molecular formula is C15H12ClFNO3S2-. The lowest BCUT2D eigenvalue weighted by molar-refractivity contribution is -0.310. The van der Waals surface area contributed by atoms with E-state index in [0.29, 0.717) is 6.42 Å². The number of carbonyl (C=O) groups is 2. The Labute approximate surface area is 147 Å². The van der Waals surface area contributed by atoms with Gasteiger partial charge in [-0.1, -0.05) is 55.0 Å². The molecule has 4 nitrogen and oxygen atoms in total. The second-order valence-corrected chi connectivity index (χ2v) is 6.89. The van der Waals surface area contributed by atoms with Crippen LogP contribution in [0.1, 0.15) is 25.3 Å². The molecule has 0 spiro atoms. The van der Waals surface area contributed by atoms with Gasteiger partial charge in [-0.05, 0) is 24.6 Å². The first-order valence-electron chi connectivity index (χ1n) is 6.78. The smallest absolute Gasteiger partial charge is 0.266 e. The molecular weight excluding hydrogens is 361 g/mol. The second-order valence-electron chi connectivity index (χ2n) is 4.81. The predicted molar refractivity (Wildman–Crippen MR) is 90.1 cm³/mol. The van der Waals surface area contributed by atoms with Gasteiger partial charge in [-0.25, -0.2) is 4.39 Å². The molecule has 23 heavy (non-hydrogen) atoms. The van der Waals surface area contributed by atoms with Crippen LogP contribution >= 0.6 is 35.6 Å². The van der Waals surface area contributed by atoms with Crippen LogP contribution < -0.4 is 5.11 Å². The number of aliphatic carboxylic acids is 1. The summed E-state index contributed by atoms with van der Waals surface area (Å²) in [5.41, 5.74) is 0.0650. The number of thiocarbonyl (C=S) groups is 1. The average molecular weight is 373 g/mol. The van der Waals surface area contributed by atoms with E-state index >= 15 is 0 Å². The van der Waals surface area contributed by atoms with E-state index < -0.39 is 23.7 Å². The Kier molecular flexibility index (Phi) is 5.78. The number of carbonyl (C=O) groups excluding carboxylic acids is 2. The number of thioether (sulfide) groups is 1. The first kappa shape index (κ1) is 17.9. The van der Waals surface area contributed by atoms with Crippen molar-refractivity contribution in [3.63, 3.8) is 0 Å². The summed E-state index contributed by atoms with van der Waals surface area (Å²) in [5.74, 6) is -2.52. The van der Waals surface area contributed by atoms with Gasteiger partial charge in [-0.2, -0.15) is 0 Å². The third-order valence-corrected chi connectivity index (χ3v) is 4.90. The molecule has 0 saturated carbocycles. The van der Waals surface area contributed by atoms with Gasteiger partial charge in [0.15, 0.2) is 0 Å². The molecule has 1 fully saturated rings. The molecule has 1 heterocycles. The van der Waals surface area contributed by atoms with Crippen LogP contribution in [0.2, 0.25) is 5.02 Å². The molecule has 1 aliphatic heterocycles. The fraction of sp³-hybridized carbons (Fsp3) is 0.267. The lowest BCUT2D eigenvalue weighted by atomic mass is 10.1. The first-order valence-corrected chi connectivity index (χ1v) is 8.39. The molecule has 1 aliphatic rings. The van der Waals surface area contributed by atoms with Crippen LogP contribution in [0.4, 0.5) is 4.39 Å². The fourth-order valence-electron chi connectivity index (χ4n) is 2.15. The number of hydrogen-bond acceptors (Lipinski definition) is 5. The Morgan fingerprint density at radius 1 is 1.57 bits per heavy atom. The maximum absolute atomic E-state index is 13.8. The van der Waals surface area contributed by atoms with Gasteiger partial charge in [0.1, 0.15) is 10.1 Å². The second kappa shape index (κ2) is 7.42. The van der Waals surface area contributed by atoms with Crippen LogP contribution in [0.5, 0.6) is 0 Å². The number of hydrogen-bond donors (Lipinski definition) is 0. The molecule has 2 rings (SSSR count). The Hall–Kier alpha value is -1.44. The minimum absolute atomic E-state index is 0.0650. The summed E-state index contributed by atoms with van der Waals surface area (Å²) in [6, 6.07) is 3.04. The van der Waals surface area contributed by atoms with Crippen molar-refractivity contribution in [3.05, 3.63) is 39.5 Å². The Balaban J connectivity index is 2.38. The molecule has 122 valence electrons. The molecule has 0 aliphatic carbocycles. The van der Waals surface area contributed by atoms with Gasteiger partial charge in [-0.3, -0.25) is 9.69 Å². The SMILES string of the molecule is CCC[C@H](C(=O)[O-])N1C(=O)/C(=C/c2c(F)cccc2Cl)SC1=S. The molecule has 0 bridgehead atoms. The van der Waals surface area contributed by atoms with E-state index in [-0.39, 0.29) is 26.2 Å². The van der Waals surface area contributed by atoms with E-state index in [1.54, 1.807) is 6.92 Å². The van der Waals surface area contributed by atoms with Crippen molar-refractivity contribution in [1.82, 2.24) is 4.90 Å². The van der Waals surface area contributed by atoms with Crippen molar-refractivity contribution in [3.8, 4) is 0 Å². The number of rotatable bonds is 5.